The molecule has 0 radical (unpaired) electrons. The molecule has 0 bridgehead atoms. The van der Waals surface area contributed by atoms with E-state index in [4.69, 9.17) is 41.5 Å². The van der Waals surface area contributed by atoms with Crippen molar-refractivity contribution in [3.05, 3.63) is 22.7 Å². The van der Waals surface area contributed by atoms with Crippen LogP contribution in [0.2, 0.25) is 5.02 Å². The summed E-state index contributed by atoms with van der Waals surface area (Å²) in [5.41, 5.74) is 5.92. The first-order valence-corrected chi connectivity index (χ1v) is 5.99. The minimum absolute atomic E-state index is 0.0802. The van der Waals surface area contributed by atoms with Crippen LogP contribution in [0.5, 0.6) is 11.5 Å². The summed E-state index contributed by atoms with van der Waals surface area (Å²) in [5, 5.41) is 11.8. The SMILES string of the molecule is COc1cc(C(N)=NO)cc(Cl)c1OCC(OC)OC. The monoisotopic (exact) mass is 304 g/mol. The van der Waals surface area contributed by atoms with Crippen LogP contribution in [-0.4, -0.2) is 45.3 Å². The molecule has 112 valence electrons. The van der Waals surface area contributed by atoms with Crippen LogP contribution in [0.3, 0.4) is 0 Å². The number of nitrogens with two attached hydrogens (primary N) is 1. The molecule has 8 heteroatoms. The van der Waals surface area contributed by atoms with Crippen molar-refractivity contribution < 1.29 is 24.2 Å². The fraction of sp³-hybridized carbons (Fsp3) is 0.417. The van der Waals surface area contributed by atoms with E-state index in [1.165, 1.54) is 27.4 Å². The summed E-state index contributed by atoms with van der Waals surface area (Å²) in [6.07, 6.45) is -0.528. The molecule has 0 saturated carbocycles. The van der Waals surface area contributed by atoms with Crippen LogP contribution in [0.1, 0.15) is 5.56 Å². The van der Waals surface area contributed by atoms with E-state index >= 15 is 0 Å². The van der Waals surface area contributed by atoms with Crippen LogP contribution in [0.4, 0.5) is 0 Å². The number of nitrogens with zero attached hydrogens (tertiary/aromatic N) is 1. The molecule has 0 spiro atoms. The molecule has 3 N–H and O–H groups in total. The molecule has 7 nitrogen and oxygen atoms in total. The molecule has 0 unspecified atom stereocenters. The van der Waals surface area contributed by atoms with Crippen molar-refractivity contribution in [1.82, 2.24) is 0 Å². The number of hydrogen-bond acceptors (Lipinski definition) is 6. The van der Waals surface area contributed by atoms with E-state index in [1.807, 2.05) is 0 Å². The fourth-order valence-corrected chi connectivity index (χ4v) is 1.71. The average Bonchev–Trinajstić information content (AvgIpc) is 2.47. The summed E-state index contributed by atoms with van der Waals surface area (Å²) in [6.45, 7) is 0.131. The third kappa shape index (κ3) is 3.89. The van der Waals surface area contributed by atoms with E-state index in [2.05, 4.69) is 5.16 Å². The molecular weight excluding hydrogens is 288 g/mol. The van der Waals surface area contributed by atoms with Gasteiger partial charge in [-0.2, -0.15) is 0 Å². The van der Waals surface area contributed by atoms with Crippen LogP contribution < -0.4 is 15.2 Å². The van der Waals surface area contributed by atoms with Gasteiger partial charge in [0.1, 0.15) is 6.61 Å². The molecule has 0 fully saturated rings. The minimum Gasteiger partial charge on any atom is -0.493 e. The van der Waals surface area contributed by atoms with Gasteiger partial charge in [-0.3, -0.25) is 0 Å². The number of halogens is 1. The average molecular weight is 305 g/mol. The second-order valence-electron chi connectivity index (χ2n) is 3.69. The molecule has 0 aromatic heterocycles. The van der Waals surface area contributed by atoms with Gasteiger partial charge < -0.3 is 29.9 Å². The highest BCUT2D eigenvalue weighted by Crippen LogP contribution is 2.36. The number of hydrogen-bond donors (Lipinski definition) is 2. The Morgan fingerprint density at radius 2 is 2.00 bits per heavy atom. The fourth-order valence-electron chi connectivity index (χ4n) is 1.45. The van der Waals surface area contributed by atoms with E-state index in [9.17, 15) is 0 Å². The number of amidine groups is 1. The van der Waals surface area contributed by atoms with Crippen molar-refractivity contribution in [2.75, 3.05) is 27.9 Å². The van der Waals surface area contributed by atoms with Crippen LogP contribution in [0.15, 0.2) is 17.3 Å². The zero-order valence-electron chi connectivity index (χ0n) is 11.4. The molecule has 0 aliphatic heterocycles. The highest BCUT2D eigenvalue weighted by Gasteiger charge is 2.16. The van der Waals surface area contributed by atoms with Gasteiger partial charge in [0, 0.05) is 19.8 Å². The molecule has 0 atom stereocenters. The lowest BCUT2D eigenvalue weighted by Crippen LogP contribution is -2.22. The van der Waals surface area contributed by atoms with E-state index in [0.29, 0.717) is 17.1 Å². The van der Waals surface area contributed by atoms with Gasteiger partial charge in [-0.05, 0) is 12.1 Å². The quantitative estimate of drug-likeness (QED) is 0.260. The lowest BCUT2D eigenvalue weighted by atomic mass is 10.2. The summed E-state index contributed by atoms with van der Waals surface area (Å²) in [6, 6.07) is 3.05. The molecule has 1 rings (SSSR count). The van der Waals surface area contributed by atoms with Gasteiger partial charge in [0.25, 0.3) is 0 Å². The maximum Gasteiger partial charge on any atom is 0.191 e. The summed E-state index contributed by atoms with van der Waals surface area (Å²) in [5.74, 6) is 0.594. The highest BCUT2D eigenvalue weighted by atomic mass is 35.5. The van der Waals surface area contributed by atoms with Crippen molar-refractivity contribution in [3.8, 4) is 11.5 Å². The normalized spacial score (nSPS) is 11.8. The summed E-state index contributed by atoms with van der Waals surface area (Å²) in [7, 11) is 4.45. The molecule has 1 aromatic rings. The van der Waals surface area contributed by atoms with Crippen molar-refractivity contribution in [1.29, 1.82) is 0 Å². The summed E-state index contributed by atoms with van der Waals surface area (Å²) >= 11 is 6.11. The Morgan fingerprint density at radius 3 is 2.50 bits per heavy atom. The van der Waals surface area contributed by atoms with E-state index in [0.717, 1.165) is 0 Å². The van der Waals surface area contributed by atoms with Crippen molar-refractivity contribution in [2.24, 2.45) is 10.9 Å². The van der Waals surface area contributed by atoms with Crippen molar-refractivity contribution in [2.45, 2.75) is 6.29 Å². The van der Waals surface area contributed by atoms with Crippen molar-refractivity contribution >= 4 is 17.4 Å². The van der Waals surface area contributed by atoms with E-state index < -0.39 is 6.29 Å². The number of benzene rings is 1. The number of oxime groups is 1. The Balaban J connectivity index is 3.02. The van der Waals surface area contributed by atoms with E-state index in [1.54, 1.807) is 6.07 Å². The second kappa shape index (κ2) is 7.78. The number of ether oxygens (including phenoxy) is 4. The predicted octanol–water partition coefficient (Wildman–Crippen LogP) is 1.44. The Kier molecular flexibility index (Phi) is 6.37. The van der Waals surface area contributed by atoms with Crippen LogP contribution in [0, 0.1) is 0 Å². The van der Waals surface area contributed by atoms with Gasteiger partial charge in [0.05, 0.1) is 12.1 Å². The summed E-state index contributed by atoms with van der Waals surface area (Å²) in [4.78, 5) is 0. The van der Waals surface area contributed by atoms with Gasteiger partial charge in [-0.1, -0.05) is 16.8 Å². The maximum absolute atomic E-state index is 8.67. The smallest absolute Gasteiger partial charge is 0.191 e. The lowest BCUT2D eigenvalue weighted by molar-refractivity contribution is -0.122. The van der Waals surface area contributed by atoms with Gasteiger partial charge >= 0.3 is 0 Å². The molecule has 0 aliphatic carbocycles. The van der Waals surface area contributed by atoms with Gasteiger partial charge in [0.15, 0.2) is 23.6 Å². The van der Waals surface area contributed by atoms with Crippen LogP contribution in [0.25, 0.3) is 0 Å². The Morgan fingerprint density at radius 1 is 1.35 bits per heavy atom. The zero-order chi connectivity index (χ0) is 15.1. The van der Waals surface area contributed by atoms with Gasteiger partial charge in [-0.25, -0.2) is 0 Å². The highest BCUT2D eigenvalue weighted by molar-refractivity contribution is 6.32. The van der Waals surface area contributed by atoms with Crippen LogP contribution >= 0.6 is 11.6 Å². The molecule has 0 saturated heterocycles. The second-order valence-corrected chi connectivity index (χ2v) is 4.09. The van der Waals surface area contributed by atoms with Crippen molar-refractivity contribution in [3.63, 3.8) is 0 Å². The minimum atomic E-state index is -0.528. The van der Waals surface area contributed by atoms with Gasteiger partial charge in [0.2, 0.25) is 0 Å². The molecular formula is C12H17ClN2O5. The Labute approximate surface area is 121 Å². The van der Waals surface area contributed by atoms with Gasteiger partial charge in [-0.15, -0.1) is 0 Å². The first-order valence-electron chi connectivity index (χ1n) is 5.61. The lowest BCUT2D eigenvalue weighted by Gasteiger charge is -2.17. The molecule has 0 aliphatic rings. The zero-order valence-corrected chi connectivity index (χ0v) is 12.2. The van der Waals surface area contributed by atoms with E-state index in [-0.39, 0.29) is 17.5 Å². The molecule has 1 aromatic carbocycles. The third-order valence-corrected chi connectivity index (χ3v) is 2.80. The molecule has 0 amide bonds. The van der Waals surface area contributed by atoms with Crippen LogP contribution in [-0.2, 0) is 9.47 Å². The third-order valence-electron chi connectivity index (χ3n) is 2.52. The first-order chi connectivity index (χ1) is 9.57. The first kappa shape index (κ1) is 16.4. The molecule has 0 heterocycles. The Hall–Kier alpha value is -1.70. The Bertz CT molecular complexity index is 477. The summed E-state index contributed by atoms with van der Waals surface area (Å²) < 4.78 is 20.7. The number of rotatable bonds is 7. The largest absolute Gasteiger partial charge is 0.493 e. The predicted molar refractivity (Wildman–Crippen MR) is 73.8 cm³/mol. The standard InChI is InChI=1S/C12H17ClN2O5/c1-17-9-5-7(12(14)15-16)4-8(13)11(9)20-6-10(18-2)19-3/h4-5,10,16H,6H2,1-3H3,(H2,14,15). The molecule has 20 heavy (non-hydrogen) atoms. The maximum atomic E-state index is 8.67. The number of methoxy groups -OCH3 is 3. The topological polar surface area (TPSA) is 95.5 Å².